The number of nitrogens with zero attached hydrogens (tertiary/aromatic N) is 2. The van der Waals surface area contributed by atoms with Crippen LogP contribution in [0.25, 0.3) is 0 Å². The first-order valence-electron chi connectivity index (χ1n) is 10.9. The van der Waals surface area contributed by atoms with E-state index in [1.54, 1.807) is 4.90 Å². The largest absolute Gasteiger partial charge is 0.273 e. The zero-order valence-electron chi connectivity index (χ0n) is 17.9. The lowest BCUT2D eigenvalue weighted by molar-refractivity contribution is -0.120. The number of benzene rings is 4. The number of carbonyl (C=O) groups is 1. The maximum Gasteiger partial charge on any atom is 0.242 e. The smallest absolute Gasteiger partial charge is 0.242 e. The van der Waals surface area contributed by atoms with Gasteiger partial charge in [-0.25, -0.2) is 0 Å². The van der Waals surface area contributed by atoms with E-state index in [0.29, 0.717) is 5.84 Å². The standard InChI is InChI=1S/C29H24N2O/c1-21-17-19-25(20-18-21)31-28(24-15-9-4-10-16-24)30-27(23-13-7-3-8-14-23)26(29(31)32)22-11-5-2-6-12-22/h2-20,26-27H,1H3/t26-,27+/m1/s1. The van der Waals surface area contributed by atoms with Gasteiger partial charge in [-0.3, -0.25) is 14.7 Å². The Morgan fingerprint density at radius 2 is 1.19 bits per heavy atom. The van der Waals surface area contributed by atoms with Gasteiger partial charge in [-0.05, 0) is 30.2 Å². The van der Waals surface area contributed by atoms with E-state index in [9.17, 15) is 4.79 Å². The van der Waals surface area contributed by atoms with Gasteiger partial charge in [-0.2, -0.15) is 0 Å². The third-order valence-corrected chi connectivity index (χ3v) is 5.90. The highest BCUT2D eigenvalue weighted by Crippen LogP contribution is 2.41. The van der Waals surface area contributed by atoms with Crippen LogP contribution in [0.1, 0.15) is 34.2 Å². The van der Waals surface area contributed by atoms with E-state index in [1.165, 1.54) is 0 Å². The molecule has 1 heterocycles. The predicted octanol–water partition coefficient (Wildman–Crippen LogP) is 6.31. The van der Waals surface area contributed by atoms with Gasteiger partial charge in [-0.1, -0.05) is 109 Å². The Morgan fingerprint density at radius 1 is 0.656 bits per heavy atom. The number of carbonyl (C=O) groups excluding carboxylic acids is 1. The maximum atomic E-state index is 14.2. The molecule has 0 aromatic heterocycles. The lowest BCUT2D eigenvalue weighted by Gasteiger charge is -2.37. The van der Waals surface area contributed by atoms with Crippen LogP contribution >= 0.6 is 0 Å². The Morgan fingerprint density at radius 3 is 1.78 bits per heavy atom. The monoisotopic (exact) mass is 416 g/mol. The number of amidine groups is 1. The van der Waals surface area contributed by atoms with Gasteiger partial charge >= 0.3 is 0 Å². The predicted molar refractivity (Wildman–Crippen MR) is 130 cm³/mol. The molecule has 32 heavy (non-hydrogen) atoms. The van der Waals surface area contributed by atoms with Gasteiger partial charge in [0.05, 0.1) is 17.6 Å². The van der Waals surface area contributed by atoms with E-state index < -0.39 is 5.92 Å². The number of anilines is 1. The SMILES string of the molecule is Cc1ccc(N2C(=O)[C@H](c3ccccc3)[C@H](c3ccccc3)N=C2c2ccccc2)cc1. The first kappa shape index (κ1) is 20.0. The molecule has 156 valence electrons. The summed E-state index contributed by atoms with van der Waals surface area (Å²) in [5.74, 6) is 0.301. The minimum atomic E-state index is -0.410. The Balaban J connectivity index is 1.74. The van der Waals surface area contributed by atoms with Gasteiger partial charge in [0.2, 0.25) is 5.91 Å². The Bertz CT molecular complexity index is 1230. The van der Waals surface area contributed by atoms with Gasteiger partial charge < -0.3 is 0 Å². The summed E-state index contributed by atoms with van der Waals surface area (Å²) in [5.41, 5.74) is 4.91. The van der Waals surface area contributed by atoms with E-state index >= 15 is 0 Å². The summed E-state index contributed by atoms with van der Waals surface area (Å²) in [6.45, 7) is 2.05. The number of rotatable bonds is 4. The number of aliphatic imine (C=N–C) groups is 1. The molecule has 4 aromatic rings. The summed E-state index contributed by atoms with van der Waals surface area (Å²) in [4.78, 5) is 21.2. The molecular weight excluding hydrogens is 392 g/mol. The van der Waals surface area contributed by atoms with Gasteiger partial charge in [0.15, 0.2) is 0 Å². The molecule has 3 heteroatoms. The van der Waals surface area contributed by atoms with Gasteiger partial charge in [0, 0.05) is 5.56 Å². The van der Waals surface area contributed by atoms with Crippen molar-refractivity contribution in [3.8, 4) is 0 Å². The quantitative estimate of drug-likeness (QED) is 0.383. The fourth-order valence-electron chi connectivity index (χ4n) is 4.28. The zero-order valence-corrected chi connectivity index (χ0v) is 17.9. The van der Waals surface area contributed by atoms with Gasteiger partial charge in [0.1, 0.15) is 5.84 Å². The molecule has 3 nitrogen and oxygen atoms in total. The molecule has 1 aliphatic heterocycles. The van der Waals surface area contributed by atoms with Crippen LogP contribution in [0.15, 0.2) is 120 Å². The van der Waals surface area contributed by atoms with Crippen molar-refractivity contribution in [3.63, 3.8) is 0 Å². The summed E-state index contributed by atoms with van der Waals surface area (Å²) in [5, 5.41) is 0. The highest BCUT2D eigenvalue weighted by atomic mass is 16.2. The molecule has 0 aliphatic carbocycles. The molecule has 2 atom stereocenters. The molecule has 0 radical (unpaired) electrons. The average molecular weight is 417 g/mol. The molecule has 0 spiro atoms. The van der Waals surface area contributed by atoms with Crippen molar-refractivity contribution < 1.29 is 4.79 Å². The van der Waals surface area contributed by atoms with Crippen LogP contribution in [0.4, 0.5) is 5.69 Å². The summed E-state index contributed by atoms with van der Waals surface area (Å²) in [6.07, 6.45) is 0. The number of aryl methyl sites for hydroxylation is 1. The molecule has 0 unspecified atom stereocenters. The highest BCUT2D eigenvalue weighted by Gasteiger charge is 2.41. The summed E-state index contributed by atoms with van der Waals surface area (Å²) in [6, 6.07) is 37.8. The van der Waals surface area contributed by atoms with Crippen LogP contribution in [0.2, 0.25) is 0 Å². The van der Waals surface area contributed by atoms with Crippen LogP contribution < -0.4 is 4.90 Å². The van der Waals surface area contributed by atoms with Gasteiger partial charge in [0.25, 0.3) is 0 Å². The molecule has 1 amide bonds. The second kappa shape index (κ2) is 8.64. The Kier molecular flexibility index (Phi) is 5.39. The van der Waals surface area contributed by atoms with Crippen LogP contribution in [-0.2, 0) is 4.79 Å². The Labute approximate surface area is 188 Å². The molecule has 0 bridgehead atoms. The molecule has 1 aliphatic rings. The summed E-state index contributed by atoms with van der Waals surface area (Å²) >= 11 is 0. The first-order chi connectivity index (χ1) is 15.7. The maximum absolute atomic E-state index is 14.2. The van der Waals surface area contributed by atoms with Crippen molar-refractivity contribution in [2.24, 2.45) is 4.99 Å². The average Bonchev–Trinajstić information content (AvgIpc) is 2.86. The van der Waals surface area contributed by atoms with Crippen LogP contribution in [-0.4, -0.2) is 11.7 Å². The Hall–Kier alpha value is -3.98. The van der Waals surface area contributed by atoms with E-state index in [4.69, 9.17) is 4.99 Å². The molecule has 0 N–H and O–H groups in total. The third-order valence-electron chi connectivity index (χ3n) is 5.90. The minimum Gasteiger partial charge on any atom is -0.273 e. The summed E-state index contributed by atoms with van der Waals surface area (Å²) in [7, 11) is 0. The molecule has 0 saturated carbocycles. The molecule has 4 aromatic carbocycles. The van der Waals surface area contributed by atoms with E-state index in [0.717, 1.165) is 27.9 Å². The van der Waals surface area contributed by atoms with Crippen molar-refractivity contribution in [2.75, 3.05) is 4.90 Å². The number of hydrogen-bond acceptors (Lipinski definition) is 2. The zero-order chi connectivity index (χ0) is 21.9. The lowest BCUT2D eigenvalue weighted by atomic mass is 9.84. The molecule has 5 rings (SSSR count). The fourth-order valence-corrected chi connectivity index (χ4v) is 4.28. The minimum absolute atomic E-state index is 0.0303. The number of amides is 1. The van der Waals surface area contributed by atoms with Crippen LogP contribution in [0, 0.1) is 6.92 Å². The van der Waals surface area contributed by atoms with Crippen molar-refractivity contribution >= 4 is 17.4 Å². The topological polar surface area (TPSA) is 32.7 Å². The van der Waals surface area contributed by atoms with Crippen LogP contribution in [0.3, 0.4) is 0 Å². The molecular formula is C29H24N2O. The van der Waals surface area contributed by atoms with Crippen molar-refractivity contribution in [1.29, 1.82) is 0 Å². The summed E-state index contributed by atoms with van der Waals surface area (Å²) < 4.78 is 0. The van der Waals surface area contributed by atoms with Crippen molar-refractivity contribution in [1.82, 2.24) is 0 Å². The first-order valence-corrected chi connectivity index (χ1v) is 10.9. The van der Waals surface area contributed by atoms with Crippen molar-refractivity contribution in [2.45, 2.75) is 18.9 Å². The van der Waals surface area contributed by atoms with E-state index in [1.807, 2.05) is 110 Å². The van der Waals surface area contributed by atoms with E-state index in [2.05, 4.69) is 12.1 Å². The second-order valence-corrected chi connectivity index (χ2v) is 8.07. The van der Waals surface area contributed by atoms with Crippen LogP contribution in [0.5, 0.6) is 0 Å². The molecule has 0 fully saturated rings. The van der Waals surface area contributed by atoms with Gasteiger partial charge in [-0.15, -0.1) is 0 Å². The normalized spacial score (nSPS) is 18.3. The van der Waals surface area contributed by atoms with E-state index in [-0.39, 0.29) is 11.9 Å². The second-order valence-electron chi connectivity index (χ2n) is 8.07. The fraction of sp³-hybridized carbons (Fsp3) is 0.103. The highest BCUT2D eigenvalue weighted by molar-refractivity contribution is 6.26. The van der Waals surface area contributed by atoms with Crippen molar-refractivity contribution in [3.05, 3.63) is 138 Å². The third kappa shape index (κ3) is 3.74. The number of hydrogen-bond donors (Lipinski definition) is 0. The lowest BCUT2D eigenvalue weighted by Crippen LogP contribution is -2.46. The molecule has 0 saturated heterocycles.